The average Bonchev–Trinajstić information content (AvgIpc) is 3.00. The van der Waals surface area contributed by atoms with Gasteiger partial charge in [-0.05, 0) is 83.7 Å². The zero-order chi connectivity index (χ0) is 20.5. The molecule has 1 aromatic carbocycles. The number of hydrogen-bond acceptors (Lipinski definition) is 4. The minimum atomic E-state index is 0.183. The van der Waals surface area contributed by atoms with E-state index in [1.807, 2.05) is 4.57 Å². The van der Waals surface area contributed by atoms with E-state index in [0.717, 1.165) is 34.5 Å². The molecule has 2 aliphatic rings. The summed E-state index contributed by atoms with van der Waals surface area (Å²) < 4.78 is 7.66. The normalized spacial score (nSPS) is 19.4. The molecule has 2 aliphatic heterocycles. The van der Waals surface area contributed by atoms with Gasteiger partial charge >= 0.3 is 0 Å². The minimum Gasteiger partial charge on any atom is -0.494 e. The first kappa shape index (κ1) is 20.4. The van der Waals surface area contributed by atoms with Gasteiger partial charge in [0.25, 0.3) is 0 Å². The van der Waals surface area contributed by atoms with Crippen molar-refractivity contribution in [2.75, 3.05) is 32.8 Å². The summed E-state index contributed by atoms with van der Waals surface area (Å²) in [5.74, 6) is 1.06. The Morgan fingerprint density at radius 2 is 1.90 bits per heavy atom. The molecule has 1 N–H and O–H groups in total. The Balaban J connectivity index is 1.65. The van der Waals surface area contributed by atoms with Gasteiger partial charge in [-0.1, -0.05) is 6.07 Å². The highest BCUT2D eigenvalue weighted by molar-refractivity contribution is 6.14. The molecule has 0 atom stereocenters. The predicted molar refractivity (Wildman–Crippen MR) is 119 cm³/mol. The number of ether oxygens (including phenoxy) is 1. The molecule has 0 aliphatic carbocycles. The lowest BCUT2D eigenvalue weighted by molar-refractivity contribution is 0.149. The van der Waals surface area contributed by atoms with E-state index in [9.17, 15) is 5.11 Å². The van der Waals surface area contributed by atoms with E-state index in [0.29, 0.717) is 31.7 Å². The fraction of sp³-hybridized carbons (Fsp3) is 0.625. The van der Waals surface area contributed by atoms with Gasteiger partial charge in [-0.15, -0.1) is 0 Å². The summed E-state index contributed by atoms with van der Waals surface area (Å²) >= 11 is 0. The molecule has 1 aromatic heterocycles. The quantitative estimate of drug-likeness (QED) is 0.813. The first-order valence-electron chi connectivity index (χ1n) is 11.2. The Kier molecular flexibility index (Phi) is 5.98. The predicted octanol–water partition coefficient (Wildman–Crippen LogP) is 4.41. The Morgan fingerprint density at radius 3 is 2.52 bits per heavy atom. The molecule has 0 unspecified atom stereocenters. The monoisotopic (exact) mass is 397 g/mol. The van der Waals surface area contributed by atoms with E-state index in [4.69, 9.17) is 4.74 Å². The molecule has 5 nitrogen and oxygen atoms in total. The number of piperidine rings is 1. The first-order chi connectivity index (χ1) is 14.0. The second-order valence-electron chi connectivity index (χ2n) is 9.17. The number of likely N-dealkylation sites (tertiary alicyclic amines) is 1. The molecule has 29 heavy (non-hydrogen) atoms. The summed E-state index contributed by atoms with van der Waals surface area (Å²) in [4.78, 5) is 7.25. The van der Waals surface area contributed by atoms with Gasteiger partial charge in [0.2, 0.25) is 5.88 Å². The number of nitrogens with zero attached hydrogens (tertiary/aromatic N) is 3. The molecule has 0 bridgehead atoms. The van der Waals surface area contributed by atoms with Crippen molar-refractivity contribution >= 4 is 16.6 Å². The molecule has 0 amide bonds. The smallest absolute Gasteiger partial charge is 0.201 e. The van der Waals surface area contributed by atoms with Gasteiger partial charge in [0, 0.05) is 17.5 Å². The highest BCUT2D eigenvalue weighted by Crippen LogP contribution is 2.36. The lowest BCUT2D eigenvalue weighted by Crippen LogP contribution is -2.38. The number of aromatic nitrogens is 1. The maximum Gasteiger partial charge on any atom is 0.201 e. The summed E-state index contributed by atoms with van der Waals surface area (Å²) in [7, 11) is 0. The fourth-order valence-electron chi connectivity index (χ4n) is 4.90. The molecule has 0 spiro atoms. The number of aromatic hydroxyl groups is 1. The number of hydrogen-bond donors (Lipinski definition) is 1. The Hall–Kier alpha value is -1.85. The van der Waals surface area contributed by atoms with Gasteiger partial charge in [-0.2, -0.15) is 0 Å². The van der Waals surface area contributed by atoms with Gasteiger partial charge in [-0.25, -0.2) is 0 Å². The molecular weight excluding hydrogens is 362 g/mol. The van der Waals surface area contributed by atoms with Gasteiger partial charge in [0.1, 0.15) is 0 Å². The molecule has 158 valence electrons. The molecular formula is C24H35N3O2. The zero-order valence-electron chi connectivity index (χ0n) is 18.3. The SMILES string of the molecule is CC(C)N1CCC(Cc2ccc3c(c2)c(C2=NCCOC2)c(O)n3C(C)C)CC1. The van der Waals surface area contributed by atoms with Gasteiger partial charge < -0.3 is 19.3 Å². The minimum absolute atomic E-state index is 0.183. The maximum atomic E-state index is 11.0. The largest absolute Gasteiger partial charge is 0.494 e. The summed E-state index contributed by atoms with van der Waals surface area (Å²) in [6, 6.07) is 7.55. The van der Waals surface area contributed by atoms with E-state index in [1.54, 1.807) is 0 Å². The van der Waals surface area contributed by atoms with E-state index >= 15 is 0 Å². The maximum absolute atomic E-state index is 11.0. The molecule has 0 saturated carbocycles. The highest BCUT2D eigenvalue weighted by Gasteiger charge is 2.25. The Morgan fingerprint density at radius 1 is 1.14 bits per heavy atom. The summed E-state index contributed by atoms with van der Waals surface area (Å²) in [5.41, 5.74) is 4.18. The second-order valence-corrected chi connectivity index (χ2v) is 9.17. The Labute approximate surface area is 174 Å². The van der Waals surface area contributed by atoms with Crippen molar-refractivity contribution in [3.63, 3.8) is 0 Å². The average molecular weight is 398 g/mol. The standard InChI is InChI=1S/C24H35N3O2/c1-16(2)26-10-7-18(8-11-26)13-19-5-6-22-20(14-19)23(21-15-29-12-9-25-21)24(28)27(22)17(3)4/h5-6,14,16-18,28H,7-13,15H2,1-4H3. The van der Waals surface area contributed by atoms with E-state index in [1.165, 1.54) is 31.5 Å². The number of aliphatic imine (C=N–C) groups is 1. The van der Waals surface area contributed by atoms with Crippen LogP contribution in [0.5, 0.6) is 5.88 Å². The lowest BCUT2D eigenvalue weighted by Gasteiger charge is -2.34. The van der Waals surface area contributed by atoms with Crippen LogP contribution in [0.15, 0.2) is 23.2 Å². The van der Waals surface area contributed by atoms with Crippen LogP contribution in [-0.4, -0.2) is 59.2 Å². The van der Waals surface area contributed by atoms with Crippen LogP contribution >= 0.6 is 0 Å². The molecule has 5 heteroatoms. The summed E-state index contributed by atoms with van der Waals surface area (Å²) in [6.45, 7) is 13.0. The molecule has 1 saturated heterocycles. The molecule has 1 fully saturated rings. The van der Waals surface area contributed by atoms with Crippen molar-refractivity contribution in [1.29, 1.82) is 0 Å². The number of rotatable bonds is 5. The first-order valence-corrected chi connectivity index (χ1v) is 11.2. The van der Waals surface area contributed by atoms with Crippen LogP contribution in [0.25, 0.3) is 10.9 Å². The van der Waals surface area contributed by atoms with Crippen LogP contribution < -0.4 is 0 Å². The van der Waals surface area contributed by atoms with Crippen molar-refractivity contribution in [3.8, 4) is 5.88 Å². The zero-order valence-corrected chi connectivity index (χ0v) is 18.3. The number of fused-ring (bicyclic) bond motifs is 1. The van der Waals surface area contributed by atoms with Gasteiger partial charge in [-0.3, -0.25) is 4.99 Å². The van der Waals surface area contributed by atoms with Gasteiger partial charge in [0.05, 0.1) is 36.6 Å². The number of benzene rings is 1. The highest BCUT2D eigenvalue weighted by atomic mass is 16.5. The third-order valence-corrected chi connectivity index (χ3v) is 6.53. The summed E-state index contributed by atoms with van der Waals surface area (Å²) in [5, 5.41) is 12.2. The lowest BCUT2D eigenvalue weighted by atomic mass is 9.89. The van der Waals surface area contributed by atoms with E-state index in [2.05, 4.69) is 55.8 Å². The van der Waals surface area contributed by atoms with Crippen molar-refractivity contribution < 1.29 is 9.84 Å². The fourth-order valence-corrected chi connectivity index (χ4v) is 4.90. The van der Waals surface area contributed by atoms with Crippen LogP contribution in [-0.2, 0) is 11.2 Å². The van der Waals surface area contributed by atoms with Crippen molar-refractivity contribution in [3.05, 3.63) is 29.3 Å². The van der Waals surface area contributed by atoms with Crippen molar-refractivity contribution in [2.24, 2.45) is 10.9 Å². The topological polar surface area (TPSA) is 50.0 Å². The third kappa shape index (κ3) is 4.08. The van der Waals surface area contributed by atoms with Crippen LogP contribution in [0.4, 0.5) is 0 Å². The second kappa shape index (κ2) is 8.49. The van der Waals surface area contributed by atoms with Crippen molar-refractivity contribution in [1.82, 2.24) is 9.47 Å². The van der Waals surface area contributed by atoms with Crippen LogP contribution in [0.2, 0.25) is 0 Å². The van der Waals surface area contributed by atoms with Gasteiger partial charge in [0.15, 0.2) is 0 Å². The van der Waals surface area contributed by atoms with Crippen molar-refractivity contribution in [2.45, 2.75) is 59.0 Å². The third-order valence-electron chi connectivity index (χ3n) is 6.53. The molecule has 3 heterocycles. The molecule has 0 radical (unpaired) electrons. The molecule has 2 aromatic rings. The van der Waals surface area contributed by atoms with Crippen LogP contribution in [0.1, 0.15) is 57.7 Å². The van der Waals surface area contributed by atoms with Crippen LogP contribution in [0, 0.1) is 5.92 Å². The van der Waals surface area contributed by atoms with E-state index in [-0.39, 0.29) is 6.04 Å². The summed E-state index contributed by atoms with van der Waals surface area (Å²) in [6.07, 6.45) is 3.64. The Bertz CT molecular complexity index is 889. The molecule has 4 rings (SSSR count). The van der Waals surface area contributed by atoms with E-state index < -0.39 is 0 Å². The van der Waals surface area contributed by atoms with Crippen LogP contribution in [0.3, 0.4) is 0 Å².